The summed E-state index contributed by atoms with van der Waals surface area (Å²) in [5, 5.41) is 3.88. The summed E-state index contributed by atoms with van der Waals surface area (Å²) in [5.74, 6) is 3.66. The first-order valence-corrected chi connectivity index (χ1v) is 37.5. The predicted molar refractivity (Wildman–Crippen MR) is 423 cm³/mol. The molecule has 104 heavy (non-hydrogen) atoms. The van der Waals surface area contributed by atoms with Crippen molar-refractivity contribution in [1.82, 2.24) is 19.9 Å². The average molecular weight is 1390 g/mol. The van der Waals surface area contributed by atoms with E-state index in [2.05, 4.69) is 218 Å². The summed E-state index contributed by atoms with van der Waals surface area (Å²) >= 11 is -6.02. The van der Waals surface area contributed by atoms with Gasteiger partial charge >= 0.3 is 30.3 Å². The number of aromatic nitrogens is 4. The molecule has 16 rings (SSSR count). The van der Waals surface area contributed by atoms with E-state index in [1.807, 2.05) is 149 Å². The van der Waals surface area contributed by atoms with E-state index in [0.717, 1.165) is 134 Å². The Labute approximate surface area is 615 Å². The number of fused-ring (bicyclic) bond motifs is 4. The maximum absolute atomic E-state index is 6.71. The third-order valence-electron chi connectivity index (χ3n) is 18.4. The van der Waals surface area contributed by atoms with Crippen molar-refractivity contribution in [2.75, 3.05) is 9.80 Å². The fourth-order valence-electron chi connectivity index (χ4n) is 13.1. The van der Waals surface area contributed by atoms with Crippen LogP contribution in [0.3, 0.4) is 0 Å². The quantitative estimate of drug-likeness (QED) is 0.0638. The SMILES string of the molecule is Cc1cccc(N(c2ccc(-c3ccc([O][Al]([O]c4cccc5ccc(C)nc45)[O]c4cccc5ccc(C)nc45)cc3)cc2)c2ccc(-c3ccc(N(c4ccc(-c5ccc([O][Al]([O]c6cccc7ccc(C)nc67)[O]c6cccc7ccc(C)nc67)cc5)cc4)c4cccc(C)c4)cc3)cc2)c1. The van der Waals surface area contributed by atoms with Crippen LogP contribution in [-0.2, 0) is 0 Å². The number of anilines is 6. The zero-order valence-corrected chi connectivity index (χ0v) is 60.6. The summed E-state index contributed by atoms with van der Waals surface area (Å²) in [6.45, 7) is 12.2. The molecule has 4 heterocycles. The second kappa shape index (κ2) is 29.4. The average Bonchev–Trinajstić information content (AvgIpc) is 0.817. The molecule has 0 aliphatic rings. The van der Waals surface area contributed by atoms with E-state index >= 15 is 0 Å². The van der Waals surface area contributed by atoms with Crippen LogP contribution in [0.5, 0.6) is 34.5 Å². The highest BCUT2D eigenvalue weighted by Gasteiger charge is 2.46. The van der Waals surface area contributed by atoms with E-state index < -0.39 is 30.3 Å². The third kappa shape index (κ3) is 14.6. The molecule has 0 spiro atoms. The summed E-state index contributed by atoms with van der Waals surface area (Å²) in [6, 6.07) is 108. The maximum atomic E-state index is 6.71. The van der Waals surface area contributed by atoms with Gasteiger partial charge in [0.1, 0.15) is 45.1 Å². The zero-order chi connectivity index (χ0) is 70.6. The highest BCUT2D eigenvalue weighted by Crippen LogP contribution is 2.41. The molecule has 16 aromatic rings. The summed E-state index contributed by atoms with van der Waals surface area (Å²) < 4.78 is 40.3. The lowest BCUT2D eigenvalue weighted by atomic mass is 10.0. The van der Waals surface area contributed by atoms with Crippen LogP contribution in [0.15, 0.2) is 315 Å². The second-order valence-corrected chi connectivity index (χ2v) is 28.6. The lowest BCUT2D eigenvalue weighted by Crippen LogP contribution is -2.37. The topological polar surface area (TPSA) is 113 Å². The molecule has 0 atom stereocenters. The molecule has 0 N–H and O–H groups in total. The van der Waals surface area contributed by atoms with Crippen LogP contribution in [0.2, 0.25) is 0 Å². The largest absolute Gasteiger partial charge is 1.20 e. The van der Waals surface area contributed by atoms with E-state index in [0.29, 0.717) is 34.5 Å². The van der Waals surface area contributed by atoms with Gasteiger partial charge in [0.15, 0.2) is 0 Å². The van der Waals surface area contributed by atoms with Gasteiger partial charge in [0, 0.05) is 78.4 Å². The molecule has 0 saturated carbocycles. The van der Waals surface area contributed by atoms with Crippen LogP contribution in [-0.4, -0.2) is 50.2 Å². The molecule has 0 saturated heterocycles. The molecule has 0 amide bonds. The smallest absolute Gasteiger partial charge is 0.577 e. The van der Waals surface area contributed by atoms with E-state index in [9.17, 15) is 0 Å². The summed E-state index contributed by atoms with van der Waals surface area (Å²) in [4.78, 5) is 24.0. The van der Waals surface area contributed by atoms with Crippen molar-refractivity contribution in [3.8, 4) is 67.9 Å². The molecule has 0 bridgehead atoms. The van der Waals surface area contributed by atoms with Crippen molar-refractivity contribution >= 4 is 108 Å². The van der Waals surface area contributed by atoms with Crippen LogP contribution in [0.25, 0.3) is 77.0 Å². The van der Waals surface area contributed by atoms with Crippen LogP contribution in [0.4, 0.5) is 34.1 Å². The molecule has 12 aromatic carbocycles. The fourth-order valence-corrected chi connectivity index (χ4v) is 15.8. The van der Waals surface area contributed by atoms with Crippen LogP contribution < -0.4 is 32.5 Å². The van der Waals surface area contributed by atoms with Gasteiger partial charge in [0.2, 0.25) is 0 Å². The van der Waals surface area contributed by atoms with Gasteiger partial charge in [-0.1, -0.05) is 170 Å². The van der Waals surface area contributed by atoms with Gasteiger partial charge in [-0.05, 0) is 232 Å². The Morgan fingerprint density at radius 1 is 0.221 bits per heavy atom. The van der Waals surface area contributed by atoms with Crippen LogP contribution in [0.1, 0.15) is 33.9 Å². The fraction of sp³-hybridized carbons (Fsp3) is 0.0667. The molecule has 12 nitrogen and oxygen atoms in total. The van der Waals surface area contributed by atoms with Gasteiger partial charge in [-0.2, -0.15) is 0 Å². The number of nitrogens with zero attached hydrogens (tertiary/aromatic N) is 6. The van der Waals surface area contributed by atoms with Gasteiger partial charge in [-0.3, -0.25) is 0 Å². The molecule has 4 aromatic heterocycles. The Morgan fingerprint density at radius 3 is 0.712 bits per heavy atom. The van der Waals surface area contributed by atoms with Gasteiger partial charge in [-0.25, -0.2) is 19.9 Å². The van der Waals surface area contributed by atoms with Crippen molar-refractivity contribution in [2.45, 2.75) is 41.5 Å². The normalized spacial score (nSPS) is 11.2. The van der Waals surface area contributed by atoms with Crippen molar-refractivity contribution in [3.63, 3.8) is 0 Å². The Morgan fingerprint density at radius 2 is 0.462 bits per heavy atom. The molecule has 0 aliphatic carbocycles. The molecule has 0 aliphatic heterocycles. The number of para-hydroxylation sites is 4. The van der Waals surface area contributed by atoms with Crippen molar-refractivity contribution < 1.29 is 22.7 Å². The van der Waals surface area contributed by atoms with Crippen molar-refractivity contribution in [3.05, 3.63) is 349 Å². The minimum atomic E-state index is -3.01. The summed E-state index contributed by atoms with van der Waals surface area (Å²) in [5.41, 5.74) is 21.6. The molecule has 0 fully saturated rings. The highest BCUT2D eigenvalue weighted by molar-refractivity contribution is 6.40. The number of hydrogen-bond acceptors (Lipinski definition) is 12. The van der Waals surface area contributed by atoms with Crippen LogP contribution in [0, 0.1) is 41.5 Å². The van der Waals surface area contributed by atoms with Gasteiger partial charge in [0.05, 0.1) is 11.5 Å². The van der Waals surface area contributed by atoms with E-state index in [4.69, 9.17) is 42.7 Å². The minimum absolute atomic E-state index is 0.601. The van der Waals surface area contributed by atoms with Gasteiger partial charge in [0.25, 0.3) is 0 Å². The number of pyridine rings is 4. The zero-order valence-electron chi connectivity index (χ0n) is 58.3. The summed E-state index contributed by atoms with van der Waals surface area (Å²) in [6.07, 6.45) is 0. The second-order valence-electron chi connectivity index (χ2n) is 26.0. The first-order valence-electron chi connectivity index (χ1n) is 34.7. The minimum Gasteiger partial charge on any atom is -0.577 e. The Hall–Kier alpha value is -12.3. The van der Waals surface area contributed by atoms with Crippen molar-refractivity contribution in [2.24, 2.45) is 0 Å². The van der Waals surface area contributed by atoms with Gasteiger partial charge in [-0.15, -0.1) is 0 Å². The third-order valence-corrected chi connectivity index (χ3v) is 21.1. The Kier molecular flexibility index (Phi) is 18.7. The van der Waals surface area contributed by atoms with Crippen molar-refractivity contribution in [1.29, 1.82) is 0 Å². The molecular formula is C90H70Al2N6O6. The van der Waals surface area contributed by atoms with E-state index in [1.165, 1.54) is 11.1 Å². The lowest BCUT2D eigenvalue weighted by Gasteiger charge is -2.27. The summed E-state index contributed by atoms with van der Waals surface area (Å²) in [7, 11) is 0. The van der Waals surface area contributed by atoms with E-state index in [-0.39, 0.29) is 0 Å². The standard InChI is InChI=1S/C50H40N2O2.4C10H9NO.2Al/c1-35-5-3-7-47(33-35)51(45-25-13-39(14-26-45)41-17-29-49(53)30-18-41)43-21-9-37(10-22-43)38-11-23-44(24-12-38)52(48-8-4-6-36(2)34-48)46-27-15-40(16-28-46)42-19-31-50(54)32-20-42;4*1-7-5-6-8-3-2-4-9(12)10(8)11-7;;/h3-34,53-54H,1-2H3;4*2-6,12H,1H3;;/q;;;;;2*+3/p-6. The maximum Gasteiger partial charge on any atom is 1.20 e. The predicted octanol–water partition coefficient (Wildman–Crippen LogP) is 22.7. The lowest BCUT2D eigenvalue weighted by molar-refractivity contribution is 0.309. The Bertz CT molecular complexity index is 5260. The number of rotatable bonds is 21. The van der Waals surface area contributed by atoms with Crippen LogP contribution >= 0.6 is 0 Å². The van der Waals surface area contributed by atoms with E-state index in [1.54, 1.807) is 0 Å². The Balaban J connectivity index is 0.620. The monoisotopic (exact) mass is 1380 g/mol. The molecular weight excluding hydrogens is 1310 g/mol. The van der Waals surface area contributed by atoms with Gasteiger partial charge < -0.3 is 32.5 Å². The number of aryl methyl sites for hydroxylation is 6. The molecule has 502 valence electrons. The number of benzene rings is 12. The molecule has 14 heteroatoms. The molecule has 0 unspecified atom stereocenters. The first kappa shape index (κ1) is 66.3. The first-order chi connectivity index (χ1) is 50.9. The highest BCUT2D eigenvalue weighted by atomic mass is 27.3. The molecule has 0 radical (unpaired) electrons. The number of hydrogen-bond donors (Lipinski definition) is 0.